The molecule has 0 saturated heterocycles. The molecule has 0 spiro atoms. The summed E-state index contributed by atoms with van der Waals surface area (Å²) in [5.41, 5.74) is 0.644. The quantitative estimate of drug-likeness (QED) is 0.746. The Morgan fingerprint density at radius 3 is 2.39 bits per heavy atom. The van der Waals surface area contributed by atoms with Crippen LogP contribution >= 0.6 is 11.6 Å². The largest absolute Gasteiger partial charge is 0.508 e. The van der Waals surface area contributed by atoms with Gasteiger partial charge in [0, 0.05) is 5.88 Å². The van der Waals surface area contributed by atoms with Gasteiger partial charge in [0.25, 0.3) is 0 Å². The number of hydrogen-bond donors (Lipinski definition) is 3. The number of aromatic hydroxyl groups is 1. The molecule has 4 heteroatoms. The van der Waals surface area contributed by atoms with Crippen molar-refractivity contribution in [3.63, 3.8) is 0 Å². The van der Waals surface area contributed by atoms with E-state index in [4.69, 9.17) is 11.6 Å². The lowest BCUT2D eigenvalue weighted by atomic mass is 9.99. The lowest BCUT2D eigenvalue weighted by Crippen LogP contribution is -2.18. The molecule has 0 aliphatic heterocycles. The van der Waals surface area contributed by atoms with Crippen LogP contribution in [0.25, 0.3) is 10.8 Å². The fourth-order valence-electron chi connectivity index (χ4n) is 1.93. The minimum Gasteiger partial charge on any atom is -0.508 e. The van der Waals surface area contributed by atoms with Gasteiger partial charge in [-0.25, -0.2) is 0 Å². The molecule has 3 nitrogen and oxygen atoms in total. The third-order valence-corrected chi connectivity index (χ3v) is 3.18. The van der Waals surface area contributed by atoms with Crippen LogP contribution in [-0.4, -0.2) is 27.3 Å². The van der Waals surface area contributed by atoms with Crippen molar-refractivity contribution in [1.82, 2.24) is 0 Å². The summed E-state index contributed by atoms with van der Waals surface area (Å²) in [6.45, 7) is 0. The third kappa shape index (κ3) is 2.75. The van der Waals surface area contributed by atoms with Crippen molar-refractivity contribution >= 4 is 22.4 Å². The van der Waals surface area contributed by atoms with Gasteiger partial charge in [-0.05, 0) is 41.0 Å². The van der Waals surface area contributed by atoms with Gasteiger partial charge in [0.1, 0.15) is 11.9 Å². The minimum absolute atomic E-state index is 0.206. The number of phenols is 1. The first-order chi connectivity index (χ1) is 8.61. The van der Waals surface area contributed by atoms with Gasteiger partial charge in [-0.3, -0.25) is 0 Å². The average molecular weight is 267 g/mol. The number of fused-ring (bicyclic) bond motifs is 1. The number of benzene rings is 2. The van der Waals surface area contributed by atoms with E-state index >= 15 is 0 Å². The van der Waals surface area contributed by atoms with Crippen molar-refractivity contribution in [2.24, 2.45) is 0 Å². The van der Waals surface area contributed by atoms with E-state index < -0.39 is 12.2 Å². The molecule has 3 N–H and O–H groups in total. The summed E-state index contributed by atoms with van der Waals surface area (Å²) in [6.07, 6.45) is -1.46. The SMILES string of the molecule is Oc1ccc2cc(C(O)C(O)CCCl)ccc2c1. The Kier molecular flexibility index (Phi) is 4.07. The van der Waals surface area contributed by atoms with Crippen molar-refractivity contribution in [3.8, 4) is 5.75 Å². The molecular weight excluding hydrogens is 252 g/mol. The Balaban J connectivity index is 2.32. The number of rotatable bonds is 4. The van der Waals surface area contributed by atoms with Crippen LogP contribution in [0.1, 0.15) is 18.1 Å². The van der Waals surface area contributed by atoms with Crippen LogP contribution in [0.2, 0.25) is 0 Å². The van der Waals surface area contributed by atoms with Crippen molar-refractivity contribution in [2.45, 2.75) is 18.6 Å². The zero-order valence-electron chi connectivity index (χ0n) is 9.75. The maximum Gasteiger partial charge on any atom is 0.116 e. The highest BCUT2D eigenvalue weighted by atomic mass is 35.5. The highest BCUT2D eigenvalue weighted by Crippen LogP contribution is 2.26. The Morgan fingerprint density at radius 1 is 1.00 bits per heavy atom. The molecule has 2 unspecified atom stereocenters. The molecular formula is C14H15ClO3. The molecule has 2 rings (SSSR count). The van der Waals surface area contributed by atoms with E-state index in [-0.39, 0.29) is 5.75 Å². The predicted molar refractivity (Wildman–Crippen MR) is 71.9 cm³/mol. The summed E-state index contributed by atoms with van der Waals surface area (Å²) in [7, 11) is 0. The summed E-state index contributed by atoms with van der Waals surface area (Å²) in [4.78, 5) is 0. The smallest absolute Gasteiger partial charge is 0.116 e. The van der Waals surface area contributed by atoms with E-state index in [0.29, 0.717) is 17.9 Å². The first-order valence-electron chi connectivity index (χ1n) is 5.76. The molecule has 0 radical (unpaired) electrons. The molecule has 18 heavy (non-hydrogen) atoms. The first kappa shape index (κ1) is 13.1. The number of aliphatic hydroxyl groups excluding tert-OH is 2. The standard InChI is InChI=1S/C14H15ClO3/c15-6-5-13(17)14(18)11-2-1-10-8-12(16)4-3-9(10)7-11/h1-4,7-8,13-14,16-18H,5-6H2. The van der Waals surface area contributed by atoms with E-state index in [1.165, 1.54) is 0 Å². The Bertz CT molecular complexity index is 542. The Hall–Kier alpha value is -1.29. The van der Waals surface area contributed by atoms with Gasteiger partial charge in [-0.15, -0.1) is 11.6 Å². The molecule has 0 bridgehead atoms. The van der Waals surface area contributed by atoms with Gasteiger partial charge >= 0.3 is 0 Å². The molecule has 0 fully saturated rings. The summed E-state index contributed by atoms with van der Waals surface area (Å²) < 4.78 is 0. The highest BCUT2D eigenvalue weighted by molar-refractivity contribution is 6.17. The molecule has 2 aromatic carbocycles. The maximum absolute atomic E-state index is 9.98. The Morgan fingerprint density at radius 2 is 1.67 bits per heavy atom. The van der Waals surface area contributed by atoms with Crippen molar-refractivity contribution in [1.29, 1.82) is 0 Å². The van der Waals surface area contributed by atoms with Crippen LogP contribution in [-0.2, 0) is 0 Å². The zero-order chi connectivity index (χ0) is 13.1. The molecule has 0 aromatic heterocycles. The number of aliphatic hydroxyl groups is 2. The van der Waals surface area contributed by atoms with Crippen LogP contribution < -0.4 is 0 Å². The fourth-order valence-corrected chi connectivity index (χ4v) is 2.15. The highest BCUT2D eigenvalue weighted by Gasteiger charge is 2.17. The van der Waals surface area contributed by atoms with E-state index in [1.807, 2.05) is 0 Å². The normalized spacial score (nSPS) is 14.6. The van der Waals surface area contributed by atoms with Gasteiger partial charge in [0.2, 0.25) is 0 Å². The van der Waals surface area contributed by atoms with Gasteiger partial charge in [0.15, 0.2) is 0 Å². The number of hydrogen-bond acceptors (Lipinski definition) is 3. The molecule has 2 atom stereocenters. The van der Waals surface area contributed by atoms with E-state index in [9.17, 15) is 15.3 Å². The van der Waals surface area contributed by atoms with Crippen molar-refractivity contribution in [3.05, 3.63) is 42.0 Å². The maximum atomic E-state index is 9.98. The van der Waals surface area contributed by atoms with Crippen LogP contribution in [0.5, 0.6) is 5.75 Å². The van der Waals surface area contributed by atoms with Crippen LogP contribution in [0, 0.1) is 0 Å². The second-order valence-electron chi connectivity index (χ2n) is 4.28. The van der Waals surface area contributed by atoms with Crippen LogP contribution in [0.3, 0.4) is 0 Å². The molecule has 96 valence electrons. The summed E-state index contributed by atoms with van der Waals surface area (Å²) >= 11 is 5.54. The van der Waals surface area contributed by atoms with Gasteiger partial charge in [0.05, 0.1) is 6.10 Å². The van der Waals surface area contributed by atoms with Crippen LogP contribution in [0.4, 0.5) is 0 Å². The lowest BCUT2D eigenvalue weighted by Gasteiger charge is -2.17. The summed E-state index contributed by atoms with van der Waals surface area (Å²) in [6, 6.07) is 10.4. The number of alkyl halides is 1. The predicted octanol–water partition coefficient (Wildman–Crippen LogP) is 2.57. The minimum atomic E-state index is -0.943. The molecule has 0 aliphatic carbocycles. The van der Waals surface area contributed by atoms with Crippen LogP contribution in [0.15, 0.2) is 36.4 Å². The monoisotopic (exact) mass is 266 g/mol. The lowest BCUT2D eigenvalue weighted by molar-refractivity contribution is 0.0171. The summed E-state index contributed by atoms with van der Waals surface area (Å²) in [5.74, 6) is 0.512. The van der Waals surface area contributed by atoms with E-state index in [2.05, 4.69) is 0 Å². The molecule has 0 saturated carbocycles. The average Bonchev–Trinajstić information content (AvgIpc) is 2.37. The molecule has 0 amide bonds. The van der Waals surface area contributed by atoms with Gasteiger partial charge in [-0.1, -0.05) is 18.2 Å². The first-order valence-corrected chi connectivity index (χ1v) is 6.30. The zero-order valence-corrected chi connectivity index (χ0v) is 10.5. The van der Waals surface area contributed by atoms with Crippen molar-refractivity contribution < 1.29 is 15.3 Å². The van der Waals surface area contributed by atoms with Gasteiger partial charge < -0.3 is 15.3 Å². The van der Waals surface area contributed by atoms with E-state index in [0.717, 1.165) is 10.8 Å². The Labute approximate surface area is 110 Å². The number of halogens is 1. The number of phenolic OH excluding ortho intramolecular Hbond substituents is 1. The van der Waals surface area contributed by atoms with E-state index in [1.54, 1.807) is 36.4 Å². The second kappa shape index (κ2) is 5.57. The van der Waals surface area contributed by atoms with Crippen molar-refractivity contribution in [2.75, 3.05) is 5.88 Å². The third-order valence-electron chi connectivity index (χ3n) is 2.96. The summed E-state index contributed by atoms with van der Waals surface area (Å²) in [5, 5.41) is 30.8. The second-order valence-corrected chi connectivity index (χ2v) is 4.66. The fraction of sp³-hybridized carbons (Fsp3) is 0.286. The molecule has 0 aliphatic rings. The van der Waals surface area contributed by atoms with Gasteiger partial charge in [-0.2, -0.15) is 0 Å². The molecule has 2 aromatic rings. The topological polar surface area (TPSA) is 60.7 Å². The molecule has 0 heterocycles.